The maximum absolute atomic E-state index is 14.3. The zero-order valence-corrected chi connectivity index (χ0v) is 27.2. The minimum atomic E-state index is -4.65. The van der Waals surface area contributed by atoms with Gasteiger partial charge >= 0.3 is 0 Å². The molecule has 0 saturated carbocycles. The molecule has 0 radical (unpaired) electrons. The number of hydrogen-bond donors (Lipinski definition) is 1. The molecule has 4 heterocycles. The smallest absolute Gasteiger partial charge is 0.265 e. The first kappa shape index (κ1) is 32.5. The summed E-state index contributed by atoms with van der Waals surface area (Å²) in [6, 6.07) is 14.7. The second-order valence-electron chi connectivity index (χ2n) is 12.0. The number of anilines is 2. The molecule has 0 atom stereocenters. The predicted octanol–water partition coefficient (Wildman–Crippen LogP) is 4.84. The molecule has 1 N–H and O–H groups in total. The second kappa shape index (κ2) is 13.1. The van der Waals surface area contributed by atoms with Gasteiger partial charge in [-0.2, -0.15) is 0 Å². The fourth-order valence-corrected chi connectivity index (χ4v) is 7.21. The maximum atomic E-state index is 14.3. The van der Waals surface area contributed by atoms with E-state index in [2.05, 4.69) is 19.5 Å². The molecule has 0 bridgehead atoms. The van der Waals surface area contributed by atoms with Gasteiger partial charge in [0.1, 0.15) is 16.5 Å². The van der Waals surface area contributed by atoms with E-state index < -0.39 is 37.9 Å². The average molecular weight is 696 g/mol. The van der Waals surface area contributed by atoms with Gasteiger partial charge < -0.3 is 24.0 Å². The van der Waals surface area contributed by atoms with Crippen molar-refractivity contribution < 1.29 is 40.6 Å². The van der Waals surface area contributed by atoms with E-state index in [1.807, 2.05) is 35.2 Å². The molecule has 3 aliphatic rings. The zero-order valence-electron chi connectivity index (χ0n) is 26.4. The third kappa shape index (κ3) is 6.81. The highest BCUT2D eigenvalue weighted by Gasteiger charge is 2.28. The van der Waals surface area contributed by atoms with Gasteiger partial charge in [0.25, 0.3) is 10.0 Å². The Balaban J connectivity index is 0.915. The van der Waals surface area contributed by atoms with Crippen LogP contribution in [0.3, 0.4) is 0 Å². The molecule has 7 rings (SSSR count). The fraction of sp³-hybridized carbons (Fsp3) is 0.294. The Labute approximate surface area is 280 Å². The van der Waals surface area contributed by atoms with Crippen molar-refractivity contribution in [3.8, 4) is 23.1 Å². The van der Waals surface area contributed by atoms with Crippen LogP contribution in [0.5, 0.6) is 23.1 Å². The average Bonchev–Trinajstić information content (AvgIpc) is 3.73. The van der Waals surface area contributed by atoms with E-state index in [0.29, 0.717) is 31.5 Å². The minimum Gasteiger partial charge on any atom is -0.454 e. The minimum absolute atomic E-state index is 0.0616. The summed E-state index contributed by atoms with van der Waals surface area (Å²) in [4.78, 5) is 22.5. The van der Waals surface area contributed by atoms with Gasteiger partial charge in [0.2, 0.25) is 18.6 Å². The first-order valence-corrected chi connectivity index (χ1v) is 17.1. The molecule has 49 heavy (non-hydrogen) atoms. The van der Waals surface area contributed by atoms with Gasteiger partial charge in [0, 0.05) is 56.6 Å². The molecular formula is C34H32F3N5O6S. The molecule has 15 heteroatoms. The molecule has 1 aromatic heterocycles. The van der Waals surface area contributed by atoms with E-state index in [1.54, 1.807) is 6.07 Å². The Morgan fingerprint density at radius 2 is 1.73 bits per heavy atom. The van der Waals surface area contributed by atoms with Crippen molar-refractivity contribution >= 4 is 27.3 Å². The predicted molar refractivity (Wildman–Crippen MR) is 173 cm³/mol. The van der Waals surface area contributed by atoms with E-state index in [1.165, 1.54) is 12.1 Å². The lowest BCUT2D eigenvalue weighted by Gasteiger charge is -2.35. The summed E-state index contributed by atoms with van der Waals surface area (Å²) in [5, 5.41) is 0. The number of aromatic nitrogens is 1. The summed E-state index contributed by atoms with van der Waals surface area (Å²) < 4.78 is 86.2. The highest BCUT2D eigenvalue weighted by molar-refractivity contribution is 7.92. The second-order valence-corrected chi connectivity index (χ2v) is 13.7. The summed E-state index contributed by atoms with van der Waals surface area (Å²) in [6.45, 7) is 5.88. The summed E-state index contributed by atoms with van der Waals surface area (Å²) in [5.74, 6) is -2.17. The molecule has 1 saturated heterocycles. The highest BCUT2D eigenvalue weighted by Crippen LogP contribution is 2.34. The Morgan fingerprint density at radius 1 is 0.939 bits per heavy atom. The van der Waals surface area contributed by atoms with Crippen LogP contribution in [0.15, 0.2) is 65.7 Å². The standard InChI is InChI=1S/C34H32F3N5O6S/c1-21-26(35)16-30(34(37)33(21)36)49(44,45)39-24-3-7-31(38-17-24)48-25-4-5-27-23(15-25)8-9-42(27)19-32(43)41-12-10-40(11-13-41)18-22-2-6-28-29(14-22)47-20-46-28/h2-7,14-17,39H,8-13,18-20H2,1H3. The van der Waals surface area contributed by atoms with E-state index >= 15 is 0 Å². The molecule has 3 aromatic carbocycles. The monoisotopic (exact) mass is 695 g/mol. The number of rotatable bonds is 9. The van der Waals surface area contributed by atoms with Crippen LogP contribution in [-0.4, -0.2) is 75.2 Å². The number of nitrogens with one attached hydrogen (secondary N) is 1. The van der Waals surface area contributed by atoms with Crippen molar-refractivity contribution in [1.29, 1.82) is 0 Å². The number of fused-ring (bicyclic) bond motifs is 2. The molecule has 0 unspecified atom stereocenters. The number of piperazine rings is 1. The van der Waals surface area contributed by atoms with Crippen LogP contribution >= 0.6 is 0 Å². The number of ether oxygens (including phenoxy) is 3. The number of amides is 1. The SMILES string of the molecule is Cc1c(F)cc(S(=O)(=O)Nc2ccc(Oc3ccc4c(c3)CCN4CC(=O)N3CCN(Cc4ccc5c(c4)OCO5)CC3)nc2)c(F)c1F. The Hall–Kier alpha value is -5.02. The summed E-state index contributed by atoms with van der Waals surface area (Å²) in [5.41, 5.74) is 2.44. The molecule has 11 nitrogen and oxygen atoms in total. The maximum Gasteiger partial charge on any atom is 0.265 e. The number of benzene rings is 3. The van der Waals surface area contributed by atoms with Gasteiger partial charge in [-0.25, -0.2) is 26.6 Å². The lowest BCUT2D eigenvalue weighted by atomic mass is 10.1. The topological polar surface area (TPSA) is 114 Å². The first-order valence-electron chi connectivity index (χ1n) is 15.6. The van der Waals surface area contributed by atoms with Crippen molar-refractivity contribution in [2.24, 2.45) is 0 Å². The molecule has 256 valence electrons. The van der Waals surface area contributed by atoms with Gasteiger partial charge in [-0.3, -0.25) is 14.4 Å². The Kier molecular flexibility index (Phi) is 8.71. The van der Waals surface area contributed by atoms with Gasteiger partial charge in [-0.1, -0.05) is 6.07 Å². The summed E-state index contributed by atoms with van der Waals surface area (Å²) in [7, 11) is -4.65. The Bertz CT molecular complexity index is 2020. The number of hydrogen-bond acceptors (Lipinski definition) is 9. The van der Waals surface area contributed by atoms with Crippen LogP contribution in [0.2, 0.25) is 0 Å². The lowest BCUT2D eigenvalue weighted by Crippen LogP contribution is -2.50. The first-order chi connectivity index (χ1) is 23.5. The number of nitrogens with zero attached hydrogens (tertiary/aromatic N) is 4. The fourth-order valence-electron chi connectivity index (χ4n) is 6.08. The van der Waals surface area contributed by atoms with Crippen LogP contribution in [0.4, 0.5) is 24.5 Å². The van der Waals surface area contributed by atoms with Crippen molar-refractivity contribution in [3.63, 3.8) is 0 Å². The third-order valence-electron chi connectivity index (χ3n) is 8.79. The van der Waals surface area contributed by atoms with Crippen molar-refractivity contribution in [1.82, 2.24) is 14.8 Å². The molecular weight excluding hydrogens is 663 g/mol. The quantitative estimate of drug-likeness (QED) is 0.246. The van der Waals surface area contributed by atoms with Gasteiger partial charge in [-0.15, -0.1) is 0 Å². The van der Waals surface area contributed by atoms with Gasteiger partial charge in [0.05, 0.1) is 18.4 Å². The molecule has 1 amide bonds. The molecule has 0 spiro atoms. The zero-order chi connectivity index (χ0) is 34.3. The van der Waals surface area contributed by atoms with Crippen LogP contribution in [0.1, 0.15) is 16.7 Å². The molecule has 3 aliphatic heterocycles. The number of carbonyl (C=O) groups is 1. The number of pyridine rings is 1. The number of sulfonamides is 1. The summed E-state index contributed by atoms with van der Waals surface area (Å²) >= 11 is 0. The van der Waals surface area contributed by atoms with Crippen LogP contribution in [-0.2, 0) is 27.8 Å². The van der Waals surface area contributed by atoms with E-state index in [-0.39, 0.29) is 30.8 Å². The van der Waals surface area contributed by atoms with Crippen LogP contribution in [0.25, 0.3) is 0 Å². The number of carbonyl (C=O) groups excluding carboxylic acids is 1. The van der Waals surface area contributed by atoms with Crippen molar-refractivity contribution in [2.75, 3.05) is 55.7 Å². The van der Waals surface area contributed by atoms with E-state index in [9.17, 15) is 26.4 Å². The third-order valence-corrected chi connectivity index (χ3v) is 10.2. The number of halogens is 3. The van der Waals surface area contributed by atoms with Gasteiger partial charge in [-0.05, 0) is 66.9 Å². The molecule has 1 fully saturated rings. The van der Waals surface area contributed by atoms with Crippen LogP contribution < -0.4 is 23.8 Å². The Morgan fingerprint density at radius 3 is 2.51 bits per heavy atom. The van der Waals surface area contributed by atoms with Crippen molar-refractivity contribution in [3.05, 3.63) is 94.9 Å². The van der Waals surface area contributed by atoms with Crippen molar-refractivity contribution in [2.45, 2.75) is 24.8 Å². The molecule has 0 aliphatic carbocycles. The van der Waals surface area contributed by atoms with Gasteiger partial charge in [0.15, 0.2) is 23.1 Å². The largest absolute Gasteiger partial charge is 0.454 e. The van der Waals surface area contributed by atoms with Crippen LogP contribution in [0, 0.1) is 24.4 Å². The van der Waals surface area contributed by atoms with E-state index in [0.717, 1.165) is 67.5 Å². The lowest BCUT2D eigenvalue weighted by molar-refractivity contribution is -0.131. The normalized spacial score (nSPS) is 15.8. The molecule has 4 aromatic rings. The highest BCUT2D eigenvalue weighted by atomic mass is 32.2. The summed E-state index contributed by atoms with van der Waals surface area (Å²) in [6.07, 6.45) is 1.87. The van der Waals surface area contributed by atoms with E-state index in [4.69, 9.17) is 14.2 Å².